The van der Waals surface area contributed by atoms with E-state index in [0.717, 1.165) is 30.4 Å². The molecule has 1 saturated carbocycles. The molecule has 0 aromatic carbocycles. The highest BCUT2D eigenvalue weighted by molar-refractivity contribution is 7.99. The lowest BCUT2D eigenvalue weighted by Crippen LogP contribution is -2.43. The molecule has 3 heteroatoms. The predicted molar refractivity (Wildman–Crippen MR) is 61.7 cm³/mol. The SMILES string of the molecule is CC1CCC(NCC2(O)CCSC2)C1. The minimum absolute atomic E-state index is 0.406. The lowest BCUT2D eigenvalue weighted by Gasteiger charge is -2.24. The zero-order valence-corrected chi connectivity index (χ0v) is 9.78. The first-order chi connectivity index (χ1) is 6.68. The summed E-state index contributed by atoms with van der Waals surface area (Å²) in [6, 6.07) is 0.666. The van der Waals surface area contributed by atoms with Crippen LogP contribution in [0.5, 0.6) is 0 Å². The summed E-state index contributed by atoms with van der Waals surface area (Å²) in [5.41, 5.74) is -0.406. The topological polar surface area (TPSA) is 32.3 Å². The second-order valence-electron chi connectivity index (χ2n) is 5.02. The van der Waals surface area contributed by atoms with E-state index < -0.39 is 5.60 Å². The van der Waals surface area contributed by atoms with Crippen LogP contribution in [0.15, 0.2) is 0 Å². The van der Waals surface area contributed by atoms with Crippen LogP contribution in [-0.4, -0.2) is 34.8 Å². The molecule has 14 heavy (non-hydrogen) atoms. The van der Waals surface area contributed by atoms with Crippen molar-refractivity contribution in [1.82, 2.24) is 5.32 Å². The van der Waals surface area contributed by atoms with Crippen LogP contribution in [0.25, 0.3) is 0 Å². The van der Waals surface area contributed by atoms with Gasteiger partial charge in [-0.25, -0.2) is 0 Å². The molecule has 1 saturated heterocycles. The average Bonchev–Trinajstić information content (AvgIpc) is 2.73. The molecule has 82 valence electrons. The lowest BCUT2D eigenvalue weighted by atomic mass is 10.0. The molecular weight excluding hydrogens is 194 g/mol. The van der Waals surface area contributed by atoms with E-state index in [0.29, 0.717) is 6.04 Å². The number of rotatable bonds is 3. The van der Waals surface area contributed by atoms with E-state index >= 15 is 0 Å². The summed E-state index contributed by atoms with van der Waals surface area (Å²) in [6.45, 7) is 3.12. The fraction of sp³-hybridized carbons (Fsp3) is 1.00. The van der Waals surface area contributed by atoms with E-state index in [9.17, 15) is 5.11 Å². The normalized spacial score (nSPS) is 43.3. The molecule has 3 atom stereocenters. The van der Waals surface area contributed by atoms with Gasteiger partial charge < -0.3 is 10.4 Å². The Kier molecular flexibility index (Phi) is 3.40. The largest absolute Gasteiger partial charge is 0.388 e. The van der Waals surface area contributed by atoms with Gasteiger partial charge in [0.05, 0.1) is 5.60 Å². The average molecular weight is 215 g/mol. The van der Waals surface area contributed by atoms with E-state index in [-0.39, 0.29) is 0 Å². The summed E-state index contributed by atoms with van der Waals surface area (Å²) < 4.78 is 0. The summed E-state index contributed by atoms with van der Waals surface area (Å²) in [4.78, 5) is 0. The number of nitrogens with one attached hydrogen (secondary N) is 1. The third-order valence-corrected chi connectivity index (χ3v) is 4.73. The molecule has 1 heterocycles. The fourth-order valence-corrected chi connectivity index (χ4v) is 3.76. The Bertz CT molecular complexity index is 192. The van der Waals surface area contributed by atoms with Gasteiger partial charge in [-0.3, -0.25) is 0 Å². The van der Waals surface area contributed by atoms with Crippen molar-refractivity contribution in [3.8, 4) is 0 Å². The van der Waals surface area contributed by atoms with Crippen LogP contribution in [0, 0.1) is 5.92 Å². The van der Waals surface area contributed by atoms with E-state index in [1.165, 1.54) is 19.3 Å². The van der Waals surface area contributed by atoms with Crippen molar-refractivity contribution >= 4 is 11.8 Å². The predicted octanol–water partition coefficient (Wildman–Crippen LogP) is 1.63. The van der Waals surface area contributed by atoms with Gasteiger partial charge in [0.1, 0.15) is 0 Å². The maximum Gasteiger partial charge on any atom is 0.0869 e. The summed E-state index contributed by atoms with van der Waals surface area (Å²) >= 11 is 1.87. The molecule has 2 nitrogen and oxygen atoms in total. The van der Waals surface area contributed by atoms with Gasteiger partial charge in [0.15, 0.2) is 0 Å². The van der Waals surface area contributed by atoms with E-state index in [2.05, 4.69) is 12.2 Å². The standard InChI is InChI=1S/C11H21NOS/c1-9-2-3-10(6-9)12-7-11(13)4-5-14-8-11/h9-10,12-13H,2-8H2,1H3. The fourth-order valence-electron chi connectivity index (χ4n) is 2.46. The molecule has 1 aliphatic heterocycles. The van der Waals surface area contributed by atoms with Crippen LogP contribution in [0.4, 0.5) is 0 Å². The van der Waals surface area contributed by atoms with Gasteiger partial charge in [0.2, 0.25) is 0 Å². The van der Waals surface area contributed by atoms with Gasteiger partial charge in [0.25, 0.3) is 0 Å². The molecule has 2 rings (SSSR count). The van der Waals surface area contributed by atoms with E-state index in [1.807, 2.05) is 11.8 Å². The third kappa shape index (κ3) is 2.65. The van der Waals surface area contributed by atoms with Gasteiger partial charge in [-0.2, -0.15) is 11.8 Å². The highest BCUT2D eigenvalue weighted by Gasteiger charge is 2.32. The molecule has 3 unspecified atom stereocenters. The molecule has 0 aromatic rings. The van der Waals surface area contributed by atoms with Crippen molar-refractivity contribution < 1.29 is 5.11 Å². The molecule has 2 aliphatic rings. The highest BCUT2D eigenvalue weighted by atomic mass is 32.2. The Labute approximate surface area is 90.8 Å². The van der Waals surface area contributed by atoms with E-state index in [4.69, 9.17) is 0 Å². The van der Waals surface area contributed by atoms with Crippen molar-refractivity contribution in [2.45, 2.75) is 44.2 Å². The summed E-state index contributed by atoms with van der Waals surface area (Å²) in [5.74, 6) is 2.92. The molecule has 0 bridgehead atoms. The summed E-state index contributed by atoms with van der Waals surface area (Å²) in [6.07, 6.45) is 4.91. The van der Waals surface area contributed by atoms with Gasteiger partial charge in [0, 0.05) is 18.3 Å². The molecule has 0 aromatic heterocycles. The Hall–Kier alpha value is 0.270. The third-order valence-electron chi connectivity index (χ3n) is 3.50. The minimum Gasteiger partial charge on any atom is -0.388 e. The van der Waals surface area contributed by atoms with Gasteiger partial charge in [-0.15, -0.1) is 0 Å². The zero-order chi connectivity index (χ0) is 10.0. The van der Waals surface area contributed by atoms with Gasteiger partial charge >= 0.3 is 0 Å². The van der Waals surface area contributed by atoms with Crippen LogP contribution in [0.2, 0.25) is 0 Å². The molecule has 1 aliphatic carbocycles. The number of hydrogen-bond acceptors (Lipinski definition) is 3. The van der Waals surface area contributed by atoms with Crippen LogP contribution < -0.4 is 5.32 Å². The number of hydrogen-bond donors (Lipinski definition) is 2. The Morgan fingerprint density at radius 1 is 1.50 bits per heavy atom. The van der Waals surface area contributed by atoms with Crippen molar-refractivity contribution in [1.29, 1.82) is 0 Å². The quantitative estimate of drug-likeness (QED) is 0.750. The molecule has 2 N–H and O–H groups in total. The van der Waals surface area contributed by atoms with Crippen molar-refractivity contribution in [3.63, 3.8) is 0 Å². The molecule has 2 fully saturated rings. The maximum atomic E-state index is 10.1. The maximum absolute atomic E-state index is 10.1. The van der Waals surface area contributed by atoms with E-state index in [1.54, 1.807) is 0 Å². The first-order valence-electron chi connectivity index (χ1n) is 5.71. The Balaban J connectivity index is 1.71. The summed E-state index contributed by atoms with van der Waals surface area (Å²) in [7, 11) is 0. The molecule has 0 radical (unpaired) electrons. The van der Waals surface area contributed by atoms with Crippen molar-refractivity contribution in [2.24, 2.45) is 5.92 Å². The number of aliphatic hydroxyl groups is 1. The molecule has 0 amide bonds. The second-order valence-corrected chi connectivity index (χ2v) is 6.13. The zero-order valence-electron chi connectivity index (χ0n) is 8.96. The first kappa shape index (κ1) is 10.8. The monoisotopic (exact) mass is 215 g/mol. The molecule has 0 spiro atoms. The first-order valence-corrected chi connectivity index (χ1v) is 6.87. The smallest absolute Gasteiger partial charge is 0.0869 e. The van der Waals surface area contributed by atoms with Crippen molar-refractivity contribution in [3.05, 3.63) is 0 Å². The highest BCUT2D eigenvalue weighted by Crippen LogP contribution is 2.29. The summed E-state index contributed by atoms with van der Waals surface area (Å²) in [5, 5.41) is 13.7. The Morgan fingerprint density at radius 2 is 2.36 bits per heavy atom. The van der Waals surface area contributed by atoms with Crippen molar-refractivity contribution in [2.75, 3.05) is 18.1 Å². The Morgan fingerprint density at radius 3 is 2.93 bits per heavy atom. The second kappa shape index (κ2) is 4.42. The van der Waals surface area contributed by atoms with Gasteiger partial charge in [-0.1, -0.05) is 6.92 Å². The van der Waals surface area contributed by atoms with Gasteiger partial charge in [-0.05, 0) is 37.4 Å². The number of thioether (sulfide) groups is 1. The van der Waals surface area contributed by atoms with Crippen LogP contribution in [0.1, 0.15) is 32.6 Å². The van der Waals surface area contributed by atoms with Crippen LogP contribution in [0.3, 0.4) is 0 Å². The molecular formula is C11H21NOS. The van der Waals surface area contributed by atoms with Crippen LogP contribution >= 0.6 is 11.8 Å². The minimum atomic E-state index is -0.406. The lowest BCUT2D eigenvalue weighted by molar-refractivity contribution is 0.0646. The van der Waals surface area contributed by atoms with Crippen LogP contribution in [-0.2, 0) is 0 Å².